The summed E-state index contributed by atoms with van der Waals surface area (Å²) in [5.41, 5.74) is 0.983. The van der Waals surface area contributed by atoms with Gasteiger partial charge in [-0.3, -0.25) is 0 Å². The minimum Gasteiger partial charge on any atom is -0.493 e. The molecule has 14 heavy (non-hydrogen) atoms. The third-order valence-electron chi connectivity index (χ3n) is 1.76. The molecule has 1 aromatic carbocycles. The summed E-state index contributed by atoms with van der Waals surface area (Å²) in [6, 6.07) is 5.60. The van der Waals surface area contributed by atoms with Crippen LogP contribution in [0.4, 0.5) is 0 Å². The van der Waals surface area contributed by atoms with E-state index in [1.54, 1.807) is 20.3 Å². The average molecular weight is 194 g/mol. The quantitative estimate of drug-likeness (QED) is 0.673. The van der Waals surface area contributed by atoms with Crippen molar-refractivity contribution in [2.45, 2.75) is 0 Å². The topological polar surface area (TPSA) is 27.7 Å². The average Bonchev–Trinajstić information content (AvgIpc) is 2.25. The molecule has 0 unspecified atom stereocenters. The second kappa shape index (κ2) is 5.29. The lowest BCUT2D eigenvalue weighted by molar-refractivity contribution is 0.0491. The van der Waals surface area contributed by atoms with Crippen LogP contribution in [0.5, 0.6) is 11.5 Å². The monoisotopic (exact) mass is 194 g/mol. The van der Waals surface area contributed by atoms with Crippen LogP contribution >= 0.6 is 0 Å². The summed E-state index contributed by atoms with van der Waals surface area (Å²) in [5.74, 6) is 1.35. The first-order valence-electron chi connectivity index (χ1n) is 4.24. The van der Waals surface area contributed by atoms with Crippen LogP contribution in [-0.4, -0.2) is 21.0 Å². The summed E-state index contributed by atoms with van der Waals surface area (Å²) < 4.78 is 15.3. The molecule has 0 spiro atoms. The van der Waals surface area contributed by atoms with E-state index in [-0.39, 0.29) is 6.79 Å². The fraction of sp³-hybridized carbons (Fsp3) is 0.273. The van der Waals surface area contributed by atoms with Gasteiger partial charge in [0.05, 0.1) is 7.11 Å². The third kappa shape index (κ3) is 2.50. The van der Waals surface area contributed by atoms with Crippen LogP contribution in [0.1, 0.15) is 5.56 Å². The molecule has 76 valence electrons. The molecule has 0 aromatic heterocycles. The largest absolute Gasteiger partial charge is 0.493 e. The predicted molar refractivity (Wildman–Crippen MR) is 55.6 cm³/mol. The highest BCUT2D eigenvalue weighted by Gasteiger charge is 2.03. The molecular weight excluding hydrogens is 180 g/mol. The van der Waals surface area contributed by atoms with Gasteiger partial charge in [0.2, 0.25) is 0 Å². The van der Waals surface area contributed by atoms with Crippen molar-refractivity contribution < 1.29 is 14.2 Å². The molecule has 0 N–H and O–H groups in total. The van der Waals surface area contributed by atoms with Crippen LogP contribution in [0.15, 0.2) is 24.8 Å². The molecule has 0 atom stereocenters. The molecule has 0 aliphatic rings. The normalized spacial score (nSPS) is 9.57. The van der Waals surface area contributed by atoms with Gasteiger partial charge in [-0.05, 0) is 17.7 Å². The Morgan fingerprint density at radius 2 is 2.07 bits per heavy atom. The maximum atomic E-state index is 5.32. The van der Waals surface area contributed by atoms with Gasteiger partial charge in [0.1, 0.15) is 0 Å². The van der Waals surface area contributed by atoms with E-state index in [0.717, 1.165) is 5.56 Å². The second-order valence-corrected chi connectivity index (χ2v) is 2.67. The molecule has 0 saturated carbocycles. The lowest BCUT2D eigenvalue weighted by Gasteiger charge is -2.10. The SMILES string of the molecule is C=Cc1ccc(OC)c(OCOC)c1. The summed E-state index contributed by atoms with van der Waals surface area (Å²) in [7, 11) is 3.17. The molecule has 1 rings (SSSR count). The van der Waals surface area contributed by atoms with E-state index in [2.05, 4.69) is 6.58 Å². The second-order valence-electron chi connectivity index (χ2n) is 2.67. The molecule has 0 saturated heterocycles. The highest BCUT2D eigenvalue weighted by atomic mass is 16.7. The maximum absolute atomic E-state index is 5.32. The Hall–Kier alpha value is -1.48. The maximum Gasteiger partial charge on any atom is 0.188 e. The number of benzene rings is 1. The number of hydrogen-bond donors (Lipinski definition) is 0. The highest BCUT2D eigenvalue weighted by Crippen LogP contribution is 2.28. The number of hydrogen-bond acceptors (Lipinski definition) is 3. The molecule has 0 aliphatic carbocycles. The Kier molecular flexibility index (Phi) is 4.01. The molecule has 3 nitrogen and oxygen atoms in total. The molecular formula is C11H14O3. The van der Waals surface area contributed by atoms with Crippen molar-refractivity contribution in [1.29, 1.82) is 0 Å². The predicted octanol–water partition coefficient (Wildman–Crippen LogP) is 2.32. The fourth-order valence-corrected chi connectivity index (χ4v) is 1.06. The number of rotatable bonds is 5. The van der Waals surface area contributed by atoms with Crippen molar-refractivity contribution in [2.75, 3.05) is 21.0 Å². The van der Waals surface area contributed by atoms with E-state index in [0.29, 0.717) is 11.5 Å². The zero-order valence-electron chi connectivity index (χ0n) is 8.45. The molecule has 3 heteroatoms. The van der Waals surface area contributed by atoms with Crippen molar-refractivity contribution >= 4 is 6.08 Å². The Labute approximate surface area is 83.9 Å². The summed E-state index contributed by atoms with van der Waals surface area (Å²) in [6.45, 7) is 3.89. The van der Waals surface area contributed by atoms with E-state index >= 15 is 0 Å². The molecule has 0 aliphatic heterocycles. The van der Waals surface area contributed by atoms with Crippen LogP contribution in [-0.2, 0) is 4.74 Å². The van der Waals surface area contributed by atoms with Crippen molar-refractivity contribution in [3.8, 4) is 11.5 Å². The first-order chi connectivity index (χ1) is 6.81. The van der Waals surface area contributed by atoms with Crippen molar-refractivity contribution in [3.63, 3.8) is 0 Å². The van der Waals surface area contributed by atoms with E-state index < -0.39 is 0 Å². The van der Waals surface area contributed by atoms with E-state index in [1.807, 2.05) is 18.2 Å². The third-order valence-corrected chi connectivity index (χ3v) is 1.76. The summed E-state index contributed by atoms with van der Waals surface area (Å²) in [4.78, 5) is 0. The standard InChI is InChI=1S/C11H14O3/c1-4-9-5-6-10(13-3)11(7-9)14-8-12-2/h4-7H,1,8H2,2-3H3. The van der Waals surface area contributed by atoms with Gasteiger partial charge in [0.25, 0.3) is 0 Å². The van der Waals surface area contributed by atoms with Crippen LogP contribution in [0.2, 0.25) is 0 Å². The van der Waals surface area contributed by atoms with Crippen molar-refractivity contribution in [2.24, 2.45) is 0 Å². The number of methoxy groups -OCH3 is 2. The van der Waals surface area contributed by atoms with Gasteiger partial charge < -0.3 is 14.2 Å². The van der Waals surface area contributed by atoms with E-state index in [1.165, 1.54) is 0 Å². The van der Waals surface area contributed by atoms with Gasteiger partial charge in [0.15, 0.2) is 18.3 Å². The van der Waals surface area contributed by atoms with Gasteiger partial charge in [-0.2, -0.15) is 0 Å². The molecule has 0 fully saturated rings. The minimum atomic E-state index is 0.205. The minimum absolute atomic E-state index is 0.205. The summed E-state index contributed by atoms with van der Waals surface area (Å²) in [5, 5.41) is 0. The first kappa shape index (κ1) is 10.6. The smallest absolute Gasteiger partial charge is 0.188 e. The van der Waals surface area contributed by atoms with Crippen LogP contribution in [0.3, 0.4) is 0 Å². The molecule has 1 aromatic rings. The van der Waals surface area contributed by atoms with Gasteiger partial charge in [0, 0.05) is 7.11 Å². The van der Waals surface area contributed by atoms with Crippen LogP contribution in [0.25, 0.3) is 6.08 Å². The van der Waals surface area contributed by atoms with E-state index in [9.17, 15) is 0 Å². The van der Waals surface area contributed by atoms with Gasteiger partial charge in [-0.15, -0.1) is 0 Å². The fourth-order valence-electron chi connectivity index (χ4n) is 1.06. The molecule has 0 amide bonds. The summed E-state index contributed by atoms with van der Waals surface area (Å²) in [6.07, 6.45) is 1.75. The van der Waals surface area contributed by atoms with Crippen LogP contribution < -0.4 is 9.47 Å². The number of ether oxygens (including phenoxy) is 3. The lowest BCUT2D eigenvalue weighted by atomic mass is 10.2. The molecule has 0 heterocycles. The molecule has 0 bridgehead atoms. The van der Waals surface area contributed by atoms with Crippen molar-refractivity contribution in [1.82, 2.24) is 0 Å². The summed E-state index contributed by atoms with van der Waals surface area (Å²) >= 11 is 0. The van der Waals surface area contributed by atoms with Gasteiger partial charge in [-0.1, -0.05) is 18.7 Å². The highest BCUT2D eigenvalue weighted by molar-refractivity contribution is 5.54. The zero-order valence-corrected chi connectivity index (χ0v) is 8.45. The van der Waals surface area contributed by atoms with Gasteiger partial charge >= 0.3 is 0 Å². The Balaban J connectivity index is 2.89. The Morgan fingerprint density at radius 3 is 2.64 bits per heavy atom. The van der Waals surface area contributed by atoms with E-state index in [4.69, 9.17) is 14.2 Å². The van der Waals surface area contributed by atoms with Crippen molar-refractivity contribution in [3.05, 3.63) is 30.3 Å². The lowest BCUT2D eigenvalue weighted by Crippen LogP contribution is -2.00. The first-order valence-corrected chi connectivity index (χ1v) is 4.24. The van der Waals surface area contributed by atoms with Gasteiger partial charge in [-0.25, -0.2) is 0 Å². The molecule has 0 radical (unpaired) electrons. The van der Waals surface area contributed by atoms with Crippen LogP contribution in [0, 0.1) is 0 Å². The Morgan fingerprint density at radius 1 is 1.29 bits per heavy atom. The Bertz CT molecular complexity index is 307. The zero-order chi connectivity index (χ0) is 10.4.